The molecule has 1 N–H and O–H groups in total. The summed E-state index contributed by atoms with van der Waals surface area (Å²) in [6.45, 7) is 13.7. The van der Waals surface area contributed by atoms with Gasteiger partial charge in [0.15, 0.2) is 5.11 Å². The summed E-state index contributed by atoms with van der Waals surface area (Å²) in [4.78, 5) is 30.0. The van der Waals surface area contributed by atoms with Crippen molar-refractivity contribution in [2.24, 2.45) is 0 Å². The first kappa shape index (κ1) is 24.4. The molecule has 0 spiro atoms. The normalized spacial score (nSPS) is 21.1. The number of benzene rings is 2. The van der Waals surface area contributed by atoms with Gasteiger partial charge >= 0.3 is 0 Å². The molecular weight excluding hydrogens is 466 g/mol. The third-order valence-corrected chi connectivity index (χ3v) is 7.58. The number of nitrogens with zero attached hydrogens (tertiary/aromatic N) is 2. The highest BCUT2D eigenvalue weighted by Gasteiger charge is 2.37. The Kier molecular flexibility index (Phi) is 6.34. The molecule has 1 saturated heterocycles. The van der Waals surface area contributed by atoms with Crippen LogP contribution in [0.15, 0.2) is 35.9 Å². The average Bonchev–Trinajstić information content (AvgIpc) is 2.73. The van der Waals surface area contributed by atoms with Crippen molar-refractivity contribution in [1.82, 2.24) is 5.32 Å². The molecule has 5 nitrogen and oxygen atoms in total. The van der Waals surface area contributed by atoms with Gasteiger partial charge in [-0.15, -0.1) is 0 Å². The molecule has 2 aliphatic heterocycles. The molecule has 4 rings (SSSR count). The minimum atomic E-state index is -0.520. The van der Waals surface area contributed by atoms with Gasteiger partial charge in [-0.05, 0) is 112 Å². The van der Waals surface area contributed by atoms with Gasteiger partial charge in [-0.1, -0.05) is 24.6 Å². The van der Waals surface area contributed by atoms with E-state index in [-0.39, 0.29) is 16.2 Å². The second kappa shape index (κ2) is 8.82. The van der Waals surface area contributed by atoms with Gasteiger partial charge in [-0.25, -0.2) is 0 Å². The van der Waals surface area contributed by atoms with Crippen molar-refractivity contribution in [3.8, 4) is 0 Å². The highest BCUT2D eigenvalue weighted by molar-refractivity contribution is 7.80. The summed E-state index contributed by atoms with van der Waals surface area (Å²) in [6.07, 6.45) is 2.58. The van der Waals surface area contributed by atoms with E-state index in [1.807, 2.05) is 44.2 Å². The van der Waals surface area contributed by atoms with Crippen LogP contribution in [0.4, 0.5) is 11.4 Å². The SMILES string of the molecule is CCN1c2cc(Cl)c(/C=C3/C(=O)NC(=S)N(c4ccc(C)c(C)c4)C3=O)cc2C(C)CC1(C)C. The van der Waals surface area contributed by atoms with E-state index in [4.69, 9.17) is 23.8 Å². The Balaban J connectivity index is 1.78. The summed E-state index contributed by atoms with van der Waals surface area (Å²) in [5.74, 6) is -0.666. The fraction of sp³-hybridized carbons (Fsp3) is 0.370. The number of halogens is 1. The molecule has 0 bridgehead atoms. The number of carbonyl (C=O) groups is 2. The standard InChI is InChI=1S/C27H30ClN3O2S/c1-7-30-23-13-22(28)18(11-20(23)17(4)14-27(30,5)6)12-21-24(32)29-26(34)31(25(21)33)19-9-8-15(2)16(3)10-19/h8-13,17H,7,14H2,1-6H3,(H,29,32,34)/b21-12-. The molecule has 2 aliphatic rings. The van der Waals surface area contributed by atoms with Crippen molar-refractivity contribution in [1.29, 1.82) is 0 Å². The van der Waals surface area contributed by atoms with Crippen LogP contribution in [0, 0.1) is 13.8 Å². The number of anilines is 2. The van der Waals surface area contributed by atoms with Gasteiger partial charge < -0.3 is 4.90 Å². The van der Waals surface area contributed by atoms with E-state index in [1.54, 1.807) is 6.08 Å². The summed E-state index contributed by atoms with van der Waals surface area (Å²) in [5, 5.41) is 3.23. The first-order valence-corrected chi connectivity index (χ1v) is 12.3. The molecule has 2 amide bonds. The zero-order chi connectivity index (χ0) is 24.9. The number of rotatable bonds is 3. The Hall–Kier alpha value is -2.70. The molecule has 1 unspecified atom stereocenters. The topological polar surface area (TPSA) is 52.7 Å². The number of carbonyl (C=O) groups excluding carboxylic acids is 2. The van der Waals surface area contributed by atoms with Crippen molar-refractivity contribution >= 4 is 58.2 Å². The van der Waals surface area contributed by atoms with Gasteiger partial charge in [0.05, 0.1) is 5.69 Å². The molecule has 1 fully saturated rings. The number of amides is 2. The van der Waals surface area contributed by atoms with Crippen molar-refractivity contribution in [3.63, 3.8) is 0 Å². The first-order valence-electron chi connectivity index (χ1n) is 11.5. The Labute approximate surface area is 211 Å². The predicted octanol–water partition coefficient (Wildman–Crippen LogP) is 5.90. The molecule has 0 aromatic heterocycles. The monoisotopic (exact) mass is 495 g/mol. The molecular formula is C27H30ClN3O2S. The quantitative estimate of drug-likeness (QED) is 0.327. The number of fused-ring (bicyclic) bond motifs is 1. The molecule has 178 valence electrons. The average molecular weight is 496 g/mol. The zero-order valence-corrected chi connectivity index (χ0v) is 22.0. The molecule has 7 heteroatoms. The molecule has 34 heavy (non-hydrogen) atoms. The van der Waals surface area contributed by atoms with E-state index in [1.165, 1.54) is 10.5 Å². The number of hydrogen-bond donors (Lipinski definition) is 1. The Bertz CT molecular complexity index is 1250. The smallest absolute Gasteiger partial charge is 0.270 e. The van der Waals surface area contributed by atoms with Crippen LogP contribution in [0.2, 0.25) is 5.02 Å². The van der Waals surface area contributed by atoms with E-state index >= 15 is 0 Å². The lowest BCUT2D eigenvalue weighted by molar-refractivity contribution is -0.122. The highest BCUT2D eigenvalue weighted by atomic mass is 35.5. The molecule has 0 aliphatic carbocycles. The van der Waals surface area contributed by atoms with Crippen LogP contribution in [0.1, 0.15) is 62.3 Å². The molecule has 1 atom stereocenters. The summed E-state index contributed by atoms with van der Waals surface area (Å²) >= 11 is 12.0. The Morgan fingerprint density at radius 1 is 1.18 bits per heavy atom. The lowest BCUT2D eigenvalue weighted by Crippen LogP contribution is -2.54. The predicted molar refractivity (Wildman–Crippen MR) is 144 cm³/mol. The summed E-state index contributed by atoms with van der Waals surface area (Å²) in [6, 6.07) is 9.63. The van der Waals surface area contributed by atoms with Crippen LogP contribution in [-0.4, -0.2) is 29.0 Å². The molecule has 2 aromatic rings. The van der Waals surface area contributed by atoms with Crippen LogP contribution in [0.3, 0.4) is 0 Å². The van der Waals surface area contributed by atoms with Gasteiger partial charge in [0.25, 0.3) is 11.8 Å². The van der Waals surface area contributed by atoms with E-state index in [9.17, 15) is 9.59 Å². The van der Waals surface area contributed by atoms with Gasteiger partial charge in [-0.2, -0.15) is 0 Å². The first-order chi connectivity index (χ1) is 15.9. The molecule has 2 heterocycles. The number of hydrogen-bond acceptors (Lipinski definition) is 4. The maximum absolute atomic E-state index is 13.5. The number of aryl methyl sites for hydroxylation is 2. The third kappa shape index (κ3) is 4.14. The largest absolute Gasteiger partial charge is 0.366 e. The van der Waals surface area contributed by atoms with E-state index < -0.39 is 11.8 Å². The Morgan fingerprint density at radius 2 is 1.88 bits per heavy atom. The lowest BCUT2D eigenvalue weighted by atomic mass is 9.79. The van der Waals surface area contributed by atoms with Gasteiger partial charge in [0.1, 0.15) is 5.57 Å². The minimum absolute atomic E-state index is 0.00446. The number of nitrogens with one attached hydrogen (secondary N) is 1. The molecule has 0 saturated carbocycles. The van der Waals surface area contributed by atoms with Crippen molar-refractivity contribution < 1.29 is 9.59 Å². The van der Waals surface area contributed by atoms with Crippen LogP contribution in [0.5, 0.6) is 0 Å². The van der Waals surface area contributed by atoms with Crippen molar-refractivity contribution in [2.45, 2.75) is 59.4 Å². The van der Waals surface area contributed by atoms with Crippen LogP contribution in [-0.2, 0) is 9.59 Å². The maximum atomic E-state index is 13.5. The highest BCUT2D eigenvalue weighted by Crippen LogP contribution is 2.45. The van der Waals surface area contributed by atoms with Gasteiger partial charge in [-0.3, -0.25) is 19.8 Å². The molecule has 0 radical (unpaired) electrons. The van der Waals surface area contributed by atoms with Crippen LogP contribution >= 0.6 is 23.8 Å². The minimum Gasteiger partial charge on any atom is -0.366 e. The summed E-state index contributed by atoms with van der Waals surface area (Å²) in [7, 11) is 0. The third-order valence-electron chi connectivity index (χ3n) is 6.97. The van der Waals surface area contributed by atoms with Crippen molar-refractivity contribution in [3.05, 3.63) is 63.2 Å². The van der Waals surface area contributed by atoms with Gasteiger partial charge in [0.2, 0.25) is 0 Å². The van der Waals surface area contributed by atoms with Gasteiger partial charge in [0, 0.05) is 22.8 Å². The second-order valence-electron chi connectivity index (χ2n) is 9.82. The Morgan fingerprint density at radius 3 is 2.53 bits per heavy atom. The van der Waals surface area contributed by atoms with Crippen LogP contribution in [0.25, 0.3) is 6.08 Å². The van der Waals surface area contributed by atoms with Crippen molar-refractivity contribution in [2.75, 3.05) is 16.3 Å². The molecule has 2 aromatic carbocycles. The van der Waals surface area contributed by atoms with E-state index in [2.05, 4.69) is 37.9 Å². The zero-order valence-electron chi connectivity index (χ0n) is 20.5. The summed E-state index contributed by atoms with van der Waals surface area (Å²) in [5.41, 5.74) is 5.71. The van der Waals surface area contributed by atoms with E-state index in [0.717, 1.165) is 29.8 Å². The maximum Gasteiger partial charge on any atom is 0.270 e. The number of thiocarbonyl (C=S) groups is 1. The lowest BCUT2D eigenvalue weighted by Gasteiger charge is -2.47. The van der Waals surface area contributed by atoms with Crippen LogP contribution < -0.4 is 15.1 Å². The van der Waals surface area contributed by atoms with E-state index in [0.29, 0.717) is 22.2 Å². The summed E-state index contributed by atoms with van der Waals surface area (Å²) < 4.78 is 0. The second-order valence-corrected chi connectivity index (χ2v) is 10.6. The fourth-order valence-corrected chi connectivity index (χ4v) is 5.64. The fourth-order valence-electron chi connectivity index (χ4n) is 5.14.